The Kier molecular flexibility index (Phi) is 7.41. The Morgan fingerprint density at radius 3 is 2.52 bits per heavy atom. The van der Waals surface area contributed by atoms with Gasteiger partial charge in [-0.15, -0.1) is 0 Å². The average Bonchev–Trinajstić information content (AvgIpc) is 2.68. The standard InChI is InChI=1S/C20H18ClN3O3/c1-2-27-20(26)14-7-9-17(10-8-14)23-13-16(11-22)19(25)24-12-15-5-3-4-6-18(15)21/h3-10,13,23H,2,12H2,1H3,(H,24,25)/b16-13-. The molecular weight excluding hydrogens is 366 g/mol. The Hall–Kier alpha value is -3.30. The summed E-state index contributed by atoms with van der Waals surface area (Å²) in [6.07, 6.45) is 1.31. The first-order valence-electron chi connectivity index (χ1n) is 8.20. The first kappa shape index (κ1) is 20.0. The summed E-state index contributed by atoms with van der Waals surface area (Å²) in [6.45, 7) is 2.25. The van der Waals surface area contributed by atoms with Crippen molar-refractivity contribution in [2.24, 2.45) is 0 Å². The summed E-state index contributed by atoms with van der Waals surface area (Å²) in [5.74, 6) is -0.927. The predicted molar refractivity (Wildman–Crippen MR) is 103 cm³/mol. The third-order valence-electron chi connectivity index (χ3n) is 3.54. The lowest BCUT2D eigenvalue weighted by atomic mass is 10.2. The van der Waals surface area contributed by atoms with E-state index in [2.05, 4.69) is 10.6 Å². The van der Waals surface area contributed by atoms with Crippen molar-refractivity contribution in [1.29, 1.82) is 5.26 Å². The number of anilines is 1. The van der Waals surface area contributed by atoms with Gasteiger partial charge in [-0.25, -0.2) is 4.79 Å². The molecule has 0 radical (unpaired) electrons. The normalized spacial score (nSPS) is 10.6. The van der Waals surface area contributed by atoms with E-state index in [-0.39, 0.29) is 12.1 Å². The quantitative estimate of drug-likeness (QED) is 0.432. The second-order valence-corrected chi connectivity index (χ2v) is 5.79. The van der Waals surface area contributed by atoms with Gasteiger partial charge in [-0.3, -0.25) is 4.79 Å². The van der Waals surface area contributed by atoms with Crippen LogP contribution in [0, 0.1) is 11.3 Å². The van der Waals surface area contributed by atoms with Crippen LogP contribution in [0.5, 0.6) is 0 Å². The minimum atomic E-state index is -0.520. The summed E-state index contributed by atoms with van der Waals surface area (Å²) in [5.41, 5.74) is 1.71. The molecule has 2 N–H and O–H groups in total. The van der Waals surface area contributed by atoms with Gasteiger partial charge in [-0.05, 0) is 42.8 Å². The summed E-state index contributed by atoms with van der Waals surface area (Å²) in [6, 6.07) is 15.5. The molecule has 0 atom stereocenters. The first-order chi connectivity index (χ1) is 13.0. The van der Waals surface area contributed by atoms with Crippen LogP contribution >= 0.6 is 11.6 Å². The number of amides is 1. The largest absolute Gasteiger partial charge is 0.462 e. The van der Waals surface area contributed by atoms with Crippen molar-refractivity contribution in [2.45, 2.75) is 13.5 Å². The second kappa shape index (κ2) is 10.00. The molecule has 0 fully saturated rings. The van der Waals surface area contributed by atoms with Crippen LogP contribution in [0.3, 0.4) is 0 Å². The minimum absolute atomic E-state index is 0.0866. The number of ether oxygens (including phenoxy) is 1. The molecule has 0 aromatic heterocycles. The second-order valence-electron chi connectivity index (χ2n) is 5.39. The molecule has 6 nitrogen and oxygen atoms in total. The van der Waals surface area contributed by atoms with E-state index in [4.69, 9.17) is 16.3 Å². The van der Waals surface area contributed by atoms with Gasteiger partial charge in [-0.2, -0.15) is 5.26 Å². The van der Waals surface area contributed by atoms with Crippen molar-refractivity contribution in [1.82, 2.24) is 5.32 Å². The molecule has 0 saturated heterocycles. The highest BCUT2D eigenvalue weighted by molar-refractivity contribution is 6.31. The zero-order chi connectivity index (χ0) is 19.6. The van der Waals surface area contributed by atoms with Gasteiger partial charge in [0.05, 0.1) is 12.2 Å². The maximum absolute atomic E-state index is 12.1. The monoisotopic (exact) mass is 383 g/mol. The molecule has 0 unspecified atom stereocenters. The summed E-state index contributed by atoms with van der Waals surface area (Å²) in [7, 11) is 0. The van der Waals surface area contributed by atoms with Gasteiger partial charge in [0, 0.05) is 23.5 Å². The van der Waals surface area contributed by atoms with Crippen LogP contribution in [0.4, 0.5) is 5.69 Å². The SMILES string of the molecule is CCOC(=O)c1ccc(N/C=C(/C#N)C(=O)NCc2ccccc2Cl)cc1. The van der Waals surface area contributed by atoms with E-state index in [1.165, 1.54) is 6.20 Å². The molecule has 0 bridgehead atoms. The number of rotatable bonds is 7. The van der Waals surface area contributed by atoms with E-state index in [0.29, 0.717) is 22.9 Å². The molecule has 0 aliphatic carbocycles. The number of hydrogen-bond acceptors (Lipinski definition) is 5. The fourth-order valence-corrected chi connectivity index (χ4v) is 2.34. The molecule has 2 aromatic carbocycles. The van der Waals surface area contributed by atoms with Crippen LogP contribution in [0.2, 0.25) is 5.02 Å². The Bertz CT molecular complexity index is 886. The maximum Gasteiger partial charge on any atom is 0.338 e. The van der Waals surface area contributed by atoms with Crippen molar-refractivity contribution >= 4 is 29.2 Å². The van der Waals surface area contributed by atoms with Gasteiger partial charge in [0.25, 0.3) is 5.91 Å². The maximum atomic E-state index is 12.1. The van der Waals surface area contributed by atoms with Crippen molar-refractivity contribution in [3.8, 4) is 6.07 Å². The van der Waals surface area contributed by atoms with E-state index in [1.54, 1.807) is 49.4 Å². The van der Waals surface area contributed by atoms with Gasteiger partial charge in [-0.1, -0.05) is 29.8 Å². The molecule has 27 heavy (non-hydrogen) atoms. The third kappa shape index (κ3) is 5.87. The van der Waals surface area contributed by atoms with Crippen LogP contribution in [0.15, 0.2) is 60.3 Å². The van der Waals surface area contributed by atoms with E-state index < -0.39 is 11.9 Å². The number of carbonyl (C=O) groups excluding carboxylic acids is 2. The molecule has 0 aliphatic rings. The smallest absolute Gasteiger partial charge is 0.338 e. The molecule has 0 heterocycles. The zero-order valence-corrected chi connectivity index (χ0v) is 15.4. The first-order valence-corrected chi connectivity index (χ1v) is 8.58. The molecule has 2 rings (SSSR count). The number of benzene rings is 2. The van der Waals surface area contributed by atoms with Gasteiger partial charge in [0.15, 0.2) is 0 Å². The van der Waals surface area contributed by atoms with Crippen LogP contribution < -0.4 is 10.6 Å². The molecule has 0 saturated carbocycles. The van der Waals surface area contributed by atoms with Crippen molar-refractivity contribution in [2.75, 3.05) is 11.9 Å². The molecule has 0 aliphatic heterocycles. The van der Waals surface area contributed by atoms with E-state index in [1.807, 2.05) is 12.1 Å². The number of hydrogen-bond donors (Lipinski definition) is 2. The number of carbonyl (C=O) groups is 2. The summed E-state index contributed by atoms with van der Waals surface area (Å²) >= 11 is 6.04. The van der Waals surface area contributed by atoms with Gasteiger partial charge >= 0.3 is 5.97 Å². The van der Waals surface area contributed by atoms with Crippen molar-refractivity contribution < 1.29 is 14.3 Å². The van der Waals surface area contributed by atoms with E-state index in [0.717, 1.165) is 5.56 Å². The van der Waals surface area contributed by atoms with Gasteiger partial charge < -0.3 is 15.4 Å². The fourth-order valence-electron chi connectivity index (χ4n) is 2.13. The Balaban J connectivity index is 1.97. The van der Waals surface area contributed by atoms with Crippen LogP contribution in [0.25, 0.3) is 0 Å². The summed E-state index contributed by atoms with van der Waals surface area (Å²) < 4.78 is 4.91. The highest BCUT2D eigenvalue weighted by atomic mass is 35.5. The molecule has 138 valence electrons. The van der Waals surface area contributed by atoms with Crippen LogP contribution in [0.1, 0.15) is 22.8 Å². The minimum Gasteiger partial charge on any atom is -0.462 e. The van der Waals surface area contributed by atoms with E-state index in [9.17, 15) is 14.9 Å². The Labute approximate surface area is 162 Å². The Morgan fingerprint density at radius 1 is 1.19 bits per heavy atom. The molecular formula is C20H18ClN3O3. The number of nitriles is 1. The third-order valence-corrected chi connectivity index (χ3v) is 3.91. The molecule has 1 amide bonds. The summed E-state index contributed by atoms with van der Waals surface area (Å²) in [4.78, 5) is 23.8. The zero-order valence-electron chi connectivity index (χ0n) is 14.7. The number of esters is 1. The van der Waals surface area contributed by atoms with Gasteiger partial charge in [0.1, 0.15) is 11.6 Å². The summed E-state index contributed by atoms with van der Waals surface area (Å²) in [5, 5.41) is 15.2. The lowest BCUT2D eigenvalue weighted by Gasteiger charge is -2.07. The lowest BCUT2D eigenvalue weighted by Crippen LogP contribution is -2.24. The molecule has 7 heteroatoms. The van der Waals surface area contributed by atoms with Crippen molar-refractivity contribution in [3.63, 3.8) is 0 Å². The van der Waals surface area contributed by atoms with Crippen LogP contribution in [-0.2, 0) is 16.1 Å². The van der Waals surface area contributed by atoms with Crippen molar-refractivity contribution in [3.05, 3.63) is 76.5 Å². The fraction of sp³-hybridized carbons (Fsp3) is 0.150. The number of nitrogens with one attached hydrogen (secondary N) is 2. The topological polar surface area (TPSA) is 91.2 Å². The average molecular weight is 384 g/mol. The highest BCUT2D eigenvalue weighted by Crippen LogP contribution is 2.15. The highest BCUT2D eigenvalue weighted by Gasteiger charge is 2.10. The molecule has 2 aromatic rings. The molecule has 0 spiro atoms. The predicted octanol–water partition coefficient (Wildman–Crippen LogP) is 3.65. The lowest BCUT2D eigenvalue weighted by molar-refractivity contribution is -0.117. The Morgan fingerprint density at radius 2 is 1.89 bits per heavy atom. The number of halogens is 1. The van der Waals surface area contributed by atoms with Crippen LogP contribution in [-0.4, -0.2) is 18.5 Å². The van der Waals surface area contributed by atoms with Gasteiger partial charge in [0.2, 0.25) is 0 Å². The van der Waals surface area contributed by atoms with E-state index >= 15 is 0 Å². The number of nitrogens with zero attached hydrogens (tertiary/aromatic N) is 1.